The predicted octanol–water partition coefficient (Wildman–Crippen LogP) is 1.04. The summed E-state index contributed by atoms with van der Waals surface area (Å²) in [4.78, 5) is 26.9. The normalized spacial score (nSPS) is 19.6. The molecule has 0 N–H and O–H groups in total. The van der Waals surface area contributed by atoms with E-state index in [1.807, 2.05) is 0 Å². The molecule has 3 heterocycles. The van der Waals surface area contributed by atoms with Crippen LogP contribution in [0.2, 0.25) is 0 Å². The molecule has 154 valence electrons. The number of rotatable bonds is 3. The molecule has 2 fully saturated rings. The van der Waals surface area contributed by atoms with Crippen molar-refractivity contribution in [3.63, 3.8) is 0 Å². The maximum absolute atomic E-state index is 13.1. The number of hydrogen-bond donors (Lipinski definition) is 0. The Morgan fingerprint density at radius 1 is 1.03 bits per heavy atom. The van der Waals surface area contributed by atoms with Gasteiger partial charge in [0.2, 0.25) is 10.0 Å². The molecule has 0 bridgehead atoms. The second-order valence-corrected chi connectivity index (χ2v) is 9.18. The fraction of sp³-hybridized carbons (Fsp3) is 0.400. The minimum Gasteiger partial charge on any atom is -0.358 e. The third-order valence-electron chi connectivity index (χ3n) is 5.64. The standard InChI is InChI=1S/C20H23N3O5S/c1-21-11-5-8-17(18(21)24)19(25)22-12-9-20(10-13-22)23(14-15-28-20)29(26,27)16-6-3-2-4-7-16/h2-8,11H,9-10,12-15H2,1H3. The van der Waals surface area contributed by atoms with Crippen LogP contribution in [-0.4, -0.2) is 60.1 Å². The highest BCUT2D eigenvalue weighted by Crippen LogP contribution is 2.38. The Hall–Kier alpha value is -2.49. The number of aryl methyl sites for hydroxylation is 1. The van der Waals surface area contributed by atoms with Crippen LogP contribution in [0.3, 0.4) is 0 Å². The molecule has 2 aromatic rings. The summed E-state index contributed by atoms with van der Waals surface area (Å²) in [6.45, 7) is 1.24. The molecule has 0 unspecified atom stereocenters. The van der Waals surface area contributed by atoms with Crippen molar-refractivity contribution in [1.82, 2.24) is 13.8 Å². The Kier molecular flexibility index (Phi) is 5.05. The zero-order valence-electron chi connectivity index (χ0n) is 16.2. The van der Waals surface area contributed by atoms with Crippen molar-refractivity contribution < 1.29 is 17.9 Å². The molecule has 0 saturated carbocycles. The molecule has 2 saturated heterocycles. The molecule has 1 spiro atoms. The zero-order valence-corrected chi connectivity index (χ0v) is 17.0. The van der Waals surface area contributed by atoms with Gasteiger partial charge >= 0.3 is 0 Å². The van der Waals surface area contributed by atoms with Crippen molar-refractivity contribution in [2.45, 2.75) is 23.5 Å². The molecule has 0 atom stereocenters. The highest BCUT2D eigenvalue weighted by molar-refractivity contribution is 7.89. The third kappa shape index (κ3) is 3.39. The van der Waals surface area contributed by atoms with Gasteiger partial charge in [0.05, 0.1) is 11.5 Å². The maximum Gasteiger partial charge on any atom is 0.263 e. The number of pyridine rings is 1. The van der Waals surface area contributed by atoms with Crippen LogP contribution in [0.4, 0.5) is 0 Å². The smallest absolute Gasteiger partial charge is 0.263 e. The summed E-state index contributed by atoms with van der Waals surface area (Å²) in [5.41, 5.74) is -1.18. The lowest BCUT2D eigenvalue weighted by Crippen LogP contribution is -2.56. The van der Waals surface area contributed by atoms with Gasteiger partial charge in [0.15, 0.2) is 0 Å². The van der Waals surface area contributed by atoms with Crippen molar-refractivity contribution in [3.8, 4) is 0 Å². The summed E-state index contributed by atoms with van der Waals surface area (Å²) < 4.78 is 35.0. The molecule has 4 rings (SSSR count). The van der Waals surface area contributed by atoms with E-state index in [-0.39, 0.29) is 28.5 Å². The average molecular weight is 417 g/mol. The Morgan fingerprint density at radius 2 is 1.72 bits per heavy atom. The maximum atomic E-state index is 13.1. The van der Waals surface area contributed by atoms with Gasteiger partial charge in [0.25, 0.3) is 11.5 Å². The van der Waals surface area contributed by atoms with Gasteiger partial charge in [0, 0.05) is 45.7 Å². The summed E-state index contributed by atoms with van der Waals surface area (Å²) in [6, 6.07) is 11.5. The largest absolute Gasteiger partial charge is 0.358 e. The SMILES string of the molecule is Cn1cccc(C(=O)N2CCC3(CC2)OCCN3S(=O)(=O)c2ccccc2)c1=O. The monoisotopic (exact) mass is 417 g/mol. The lowest BCUT2D eigenvalue weighted by Gasteiger charge is -2.42. The van der Waals surface area contributed by atoms with E-state index >= 15 is 0 Å². The van der Waals surface area contributed by atoms with E-state index in [1.165, 1.54) is 14.9 Å². The second kappa shape index (κ2) is 7.40. The lowest BCUT2D eigenvalue weighted by molar-refractivity contribution is -0.0857. The number of ether oxygens (including phenoxy) is 1. The first-order valence-corrected chi connectivity index (χ1v) is 11.0. The van der Waals surface area contributed by atoms with Gasteiger partial charge < -0.3 is 14.2 Å². The second-order valence-electron chi connectivity index (χ2n) is 7.31. The summed E-state index contributed by atoms with van der Waals surface area (Å²) in [7, 11) is -2.10. The van der Waals surface area contributed by atoms with Crippen LogP contribution in [-0.2, 0) is 21.8 Å². The number of amides is 1. The van der Waals surface area contributed by atoms with Gasteiger partial charge in [-0.05, 0) is 24.3 Å². The van der Waals surface area contributed by atoms with Crippen molar-refractivity contribution >= 4 is 15.9 Å². The van der Waals surface area contributed by atoms with E-state index in [2.05, 4.69) is 0 Å². The van der Waals surface area contributed by atoms with E-state index in [0.717, 1.165) is 0 Å². The summed E-state index contributed by atoms with van der Waals surface area (Å²) in [6.07, 6.45) is 2.32. The van der Waals surface area contributed by atoms with Gasteiger partial charge in [0.1, 0.15) is 11.3 Å². The van der Waals surface area contributed by atoms with Crippen molar-refractivity contribution in [2.75, 3.05) is 26.2 Å². The van der Waals surface area contributed by atoms with Crippen LogP contribution in [0.1, 0.15) is 23.2 Å². The van der Waals surface area contributed by atoms with Crippen LogP contribution in [0.25, 0.3) is 0 Å². The molecule has 1 aromatic heterocycles. The van der Waals surface area contributed by atoms with Gasteiger partial charge in [-0.15, -0.1) is 0 Å². The van der Waals surface area contributed by atoms with Crippen LogP contribution < -0.4 is 5.56 Å². The number of nitrogens with zero attached hydrogens (tertiary/aromatic N) is 3. The first-order valence-electron chi connectivity index (χ1n) is 9.52. The van der Waals surface area contributed by atoms with Crippen LogP contribution >= 0.6 is 0 Å². The van der Waals surface area contributed by atoms with E-state index < -0.39 is 15.7 Å². The first-order chi connectivity index (χ1) is 13.8. The number of piperidine rings is 1. The van der Waals surface area contributed by atoms with Gasteiger partial charge in [-0.25, -0.2) is 8.42 Å². The summed E-state index contributed by atoms with van der Waals surface area (Å²) in [5.74, 6) is -0.337. The third-order valence-corrected chi connectivity index (χ3v) is 7.60. The number of carbonyl (C=O) groups is 1. The van der Waals surface area contributed by atoms with Gasteiger partial charge in [-0.3, -0.25) is 9.59 Å². The Labute approximate surface area is 169 Å². The van der Waals surface area contributed by atoms with Crippen LogP contribution in [0.15, 0.2) is 58.4 Å². The Balaban J connectivity index is 1.54. The molecule has 29 heavy (non-hydrogen) atoms. The molecule has 1 aromatic carbocycles. The summed E-state index contributed by atoms with van der Waals surface area (Å²) >= 11 is 0. The number of carbonyl (C=O) groups excluding carboxylic acids is 1. The first kappa shape index (κ1) is 19.8. The molecular formula is C20H23N3O5S. The van der Waals surface area contributed by atoms with Crippen molar-refractivity contribution in [3.05, 3.63) is 64.6 Å². The number of hydrogen-bond acceptors (Lipinski definition) is 5. The summed E-state index contributed by atoms with van der Waals surface area (Å²) in [5, 5.41) is 0. The Bertz CT molecular complexity index is 1070. The number of likely N-dealkylation sites (tertiary alicyclic amines) is 1. The van der Waals surface area contributed by atoms with Gasteiger partial charge in [-0.2, -0.15) is 4.31 Å². The van der Waals surface area contributed by atoms with E-state index in [1.54, 1.807) is 54.5 Å². The minimum atomic E-state index is -3.70. The lowest BCUT2D eigenvalue weighted by atomic mass is 10.00. The van der Waals surface area contributed by atoms with E-state index in [0.29, 0.717) is 32.5 Å². The topological polar surface area (TPSA) is 88.9 Å². The minimum absolute atomic E-state index is 0.118. The average Bonchev–Trinajstić information content (AvgIpc) is 3.14. The van der Waals surface area contributed by atoms with Gasteiger partial charge in [-0.1, -0.05) is 18.2 Å². The molecule has 1 amide bonds. The highest BCUT2D eigenvalue weighted by atomic mass is 32.2. The van der Waals surface area contributed by atoms with E-state index in [9.17, 15) is 18.0 Å². The quantitative estimate of drug-likeness (QED) is 0.745. The fourth-order valence-electron chi connectivity index (χ4n) is 4.04. The molecule has 2 aliphatic rings. The Morgan fingerprint density at radius 3 is 2.41 bits per heavy atom. The van der Waals surface area contributed by atoms with Crippen LogP contribution in [0.5, 0.6) is 0 Å². The number of benzene rings is 1. The highest BCUT2D eigenvalue weighted by Gasteiger charge is 2.51. The van der Waals surface area contributed by atoms with Crippen LogP contribution in [0, 0.1) is 0 Å². The molecule has 8 nitrogen and oxygen atoms in total. The molecule has 0 aliphatic carbocycles. The fourth-order valence-corrected chi connectivity index (χ4v) is 5.78. The number of sulfonamides is 1. The molecule has 2 aliphatic heterocycles. The van der Waals surface area contributed by atoms with Crippen molar-refractivity contribution in [1.29, 1.82) is 0 Å². The molecular weight excluding hydrogens is 394 g/mol. The van der Waals surface area contributed by atoms with Crippen molar-refractivity contribution in [2.24, 2.45) is 7.05 Å². The number of aromatic nitrogens is 1. The molecule has 9 heteroatoms. The molecule has 0 radical (unpaired) electrons. The van der Waals surface area contributed by atoms with E-state index in [4.69, 9.17) is 4.74 Å². The predicted molar refractivity (Wildman–Crippen MR) is 106 cm³/mol. The zero-order chi connectivity index (χ0) is 20.6.